The van der Waals surface area contributed by atoms with E-state index in [9.17, 15) is 0 Å². The molecule has 0 amide bonds. The number of methoxy groups -OCH3 is 1. The second-order valence-corrected chi connectivity index (χ2v) is 6.97. The van der Waals surface area contributed by atoms with Crippen molar-refractivity contribution >= 4 is 23.1 Å². The predicted molar refractivity (Wildman–Crippen MR) is 118 cm³/mol. The zero-order chi connectivity index (χ0) is 22.0. The fraction of sp³-hybridized carbons (Fsp3) is 0.238. The van der Waals surface area contributed by atoms with Gasteiger partial charge < -0.3 is 15.4 Å². The van der Waals surface area contributed by atoms with E-state index in [1.54, 1.807) is 17.9 Å². The van der Waals surface area contributed by atoms with Crippen molar-refractivity contribution < 1.29 is 4.74 Å². The van der Waals surface area contributed by atoms with E-state index in [1.165, 1.54) is 6.33 Å². The molecule has 10 heteroatoms. The minimum absolute atomic E-state index is 0.601. The number of rotatable bonds is 6. The number of aromatic nitrogens is 7. The largest absolute Gasteiger partial charge is 0.494 e. The van der Waals surface area contributed by atoms with Gasteiger partial charge in [0.15, 0.2) is 11.6 Å². The molecule has 0 aliphatic carbocycles. The summed E-state index contributed by atoms with van der Waals surface area (Å²) in [5.74, 6) is 4.63. The molecule has 158 valence electrons. The highest BCUT2D eigenvalue weighted by Gasteiger charge is 2.16. The monoisotopic (exact) mass is 417 g/mol. The molecule has 0 atom stereocenters. The summed E-state index contributed by atoms with van der Waals surface area (Å²) in [5.41, 5.74) is 2.46. The SMILES string of the molecule is COc1c(Nc2cc(Nc3cc(C)nc(C)n3)ncn2)cccc1-c1nc(C)nn1C. The van der Waals surface area contributed by atoms with Gasteiger partial charge in [0, 0.05) is 24.9 Å². The van der Waals surface area contributed by atoms with E-state index >= 15 is 0 Å². The molecule has 0 fully saturated rings. The van der Waals surface area contributed by atoms with Crippen LogP contribution < -0.4 is 15.4 Å². The maximum absolute atomic E-state index is 5.70. The van der Waals surface area contributed by atoms with Crippen LogP contribution in [0.1, 0.15) is 17.3 Å². The first-order valence-electron chi connectivity index (χ1n) is 9.66. The number of hydrogen-bond donors (Lipinski definition) is 2. The Morgan fingerprint density at radius 3 is 2.32 bits per heavy atom. The molecule has 0 radical (unpaired) electrons. The summed E-state index contributed by atoms with van der Waals surface area (Å²) in [6.45, 7) is 5.63. The molecule has 10 nitrogen and oxygen atoms in total. The standard InChI is InChI=1S/C21H23N9O/c1-12-9-19(25-13(2)24-12)28-18-10-17(22-11-23-18)27-16-8-6-7-15(20(16)31-5)21-26-14(3)29-30(21)4/h6-11H,1-5H3,(H2,22,23,24,25,27,28). The molecule has 4 aromatic rings. The normalized spacial score (nSPS) is 10.7. The zero-order valence-corrected chi connectivity index (χ0v) is 18.0. The molecule has 0 aliphatic heterocycles. The van der Waals surface area contributed by atoms with Crippen molar-refractivity contribution in [2.24, 2.45) is 7.05 Å². The van der Waals surface area contributed by atoms with Gasteiger partial charge in [-0.1, -0.05) is 6.07 Å². The molecule has 0 aliphatic rings. The Hall–Kier alpha value is -4.08. The first-order chi connectivity index (χ1) is 14.9. The van der Waals surface area contributed by atoms with E-state index in [0.29, 0.717) is 34.9 Å². The van der Waals surface area contributed by atoms with Crippen LogP contribution in [0.5, 0.6) is 5.75 Å². The second kappa shape index (κ2) is 8.34. The van der Waals surface area contributed by atoms with Crippen LogP contribution in [0.3, 0.4) is 0 Å². The Labute approximate surface area is 179 Å². The Morgan fingerprint density at radius 2 is 1.65 bits per heavy atom. The van der Waals surface area contributed by atoms with Crippen molar-refractivity contribution in [3.63, 3.8) is 0 Å². The number of para-hydroxylation sites is 1. The molecule has 0 spiro atoms. The van der Waals surface area contributed by atoms with Gasteiger partial charge in [0.25, 0.3) is 0 Å². The number of benzene rings is 1. The molecule has 3 aromatic heterocycles. The van der Waals surface area contributed by atoms with Crippen molar-refractivity contribution in [2.45, 2.75) is 20.8 Å². The summed E-state index contributed by atoms with van der Waals surface area (Å²) < 4.78 is 7.43. The van der Waals surface area contributed by atoms with Crippen LogP contribution in [-0.2, 0) is 7.05 Å². The maximum Gasteiger partial charge on any atom is 0.161 e. The molecule has 0 bridgehead atoms. The topological polar surface area (TPSA) is 116 Å². The minimum atomic E-state index is 0.601. The third-order valence-electron chi connectivity index (χ3n) is 4.48. The fourth-order valence-electron chi connectivity index (χ4n) is 3.32. The molecule has 4 rings (SSSR count). The molecule has 0 unspecified atom stereocenters. The lowest BCUT2D eigenvalue weighted by Crippen LogP contribution is -2.03. The molecule has 0 saturated heterocycles. The lowest BCUT2D eigenvalue weighted by molar-refractivity contribution is 0.418. The van der Waals surface area contributed by atoms with Crippen molar-refractivity contribution in [1.29, 1.82) is 0 Å². The number of nitrogens with zero attached hydrogens (tertiary/aromatic N) is 7. The smallest absolute Gasteiger partial charge is 0.161 e. The van der Waals surface area contributed by atoms with Gasteiger partial charge in [-0.05, 0) is 32.9 Å². The number of ether oxygens (including phenoxy) is 1. The lowest BCUT2D eigenvalue weighted by atomic mass is 10.1. The number of nitrogens with one attached hydrogen (secondary N) is 2. The Bertz CT molecular complexity index is 1220. The van der Waals surface area contributed by atoms with E-state index in [-0.39, 0.29) is 0 Å². The van der Waals surface area contributed by atoms with Crippen LogP contribution in [0.15, 0.2) is 36.7 Å². The first-order valence-corrected chi connectivity index (χ1v) is 9.66. The average molecular weight is 417 g/mol. The number of aryl methyl sites for hydroxylation is 4. The Balaban J connectivity index is 1.63. The van der Waals surface area contributed by atoms with Crippen LogP contribution in [0, 0.1) is 20.8 Å². The quantitative estimate of drug-likeness (QED) is 0.486. The third kappa shape index (κ3) is 4.42. The highest BCUT2D eigenvalue weighted by Crippen LogP contribution is 2.36. The maximum atomic E-state index is 5.70. The van der Waals surface area contributed by atoms with Crippen LogP contribution in [0.25, 0.3) is 11.4 Å². The fourth-order valence-corrected chi connectivity index (χ4v) is 3.32. The van der Waals surface area contributed by atoms with Crippen molar-refractivity contribution in [3.8, 4) is 17.1 Å². The Morgan fingerprint density at radius 1 is 0.871 bits per heavy atom. The van der Waals surface area contributed by atoms with Gasteiger partial charge in [0.05, 0.1) is 18.4 Å². The molecular weight excluding hydrogens is 394 g/mol. The highest BCUT2D eigenvalue weighted by molar-refractivity contribution is 5.77. The van der Waals surface area contributed by atoms with Gasteiger partial charge in [-0.25, -0.2) is 29.6 Å². The average Bonchev–Trinajstić information content (AvgIpc) is 3.05. The van der Waals surface area contributed by atoms with Crippen LogP contribution in [0.4, 0.5) is 23.1 Å². The molecular formula is C21H23N9O. The van der Waals surface area contributed by atoms with E-state index in [4.69, 9.17) is 4.74 Å². The van der Waals surface area contributed by atoms with E-state index in [2.05, 4.69) is 40.7 Å². The second-order valence-electron chi connectivity index (χ2n) is 6.97. The summed E-state index contributed by atoms with van der Waals surface area (Å²) in [6.07, 6.45) is 1.48. The van der Waals surface area contributed by atoms with Gasteiger partial charge in [-0.3, -0.25) is 0 Å². The predicted octanol–water partition coefficient (Wildman–Crippen LogP) is 3.48. The lowest BCUT2D eigenvalue weighted by Gasteiger charge is -2.14. The minimum Gasteiger partial charge on any atom is -0.494 e. The molecule has 1 aromatic carbocycles. The number of hydrogen-bond acceptors (Lipinski definition) is 9. The van der Waals surface area contributed by atoms with Crippen LogP contribution >= 0.6 is 0 Å². The molecule has 3 heterocycles. The van der Waals surface area contributed by atoms with Gasteiger partial charge >= 0.3 is 0 Å². The molecule has 2 N–H and O–H groups in total. The van der Waals surface area contributed by atoms with E-state index in [1.807, 2.05) is 52.1 Å². The Kier molecular flexibility index (Phi) is 5.44. The highest BCUT2D eigenvalue weighted by atomic mass is 16.5. The van der Waals surface area contributed by atoms with Crippen LogP contribution in [0.2, 0.25) is 0 Å². The summed E-state index contributed by atoms with van der Waals surface area (Å²) >= 11 is 0. The van der Waals surface area contributed by atoms with E-state index in [0.717, 1.165) is 22.8 Å². The van der Waals surface area contributed by atoms with E-state index < -0.39 is 0 Å². The van der Waals surface area contributed by atoms with Gasteiger partial charge in [-0.2, -0.15) is 5.10 Å². The first kappa shape index (κ1) is 20.2. The summed E-state index contributed by atoms with van der Waals surface area (Å²) in [7, 11) is 3.48. The van der Waals surface area contributed by atoms with Crippen LogP contribution in [-0.4, -0.2) is 41.8 Å². The molecule has 0 saturated carbocycles. The summed E-state index contributed by atoms with van der Waals surface area (Å²) in [5, 5.41) is 10.8. The summed E-state index contributed by atoms with van der Waals surface area (Å²) in [6, 6.07) is 9.44. The zero-order valence-electron chi connectivity index (χ0n) is 18.0. The van der Waals surface area contributed by atoms with Crippen molar-refractivity contribution in [3.05, 3.63) is 54.0 Å². The van der Waals surface area contributed by atoms with Gasteiger partial charge in [0.1, 0.15) is 35.4 Å². The van der Waals surface area contributed by atoms with Crippen molar-refractivity contribution in [1.82, 2.24) is 34.7 Å². The van der Waals surface area contributed by atoms with Crippen molar-refractivity contribution in [2.75, 3.05) is 17.7 Å². The summed E-state index contributed by atoms with van der Waals surface area (Å²) in [4.78, 5) is 21.8. The van der Waals surface area contributed by atoms with Gasteiger partial charge in [-0.15, -0.1) is 0 Å². The van der Waals surface area contributed by atoms with Gasteiger partial charge in [0.2, 0.25) is 0 Å². The molecule has 31 heavy (non-hydrogen) atoms. The number of anilines is 4. The third-order valence-corrected chi connectivity index (χ3v) is 4.48.